The number of halogens is 1. The van der Waals surface area contributed by atoms with Gasteiger partial charge in [-0.15, -0.1) is 0 Å². The van der Waals surface area contributed by atoms with Gasteiger partial charge in [-0.1, -0.05) is 6.58 Å². The highest BCUT2D eigenvalue weighted by molar-refractivity contribution is 5.87. The first-order chi connectivity index (χ1) is 7.18. The summed E-state index contributed by atoms with van der Waals surface area (Å²) in [6.45, 7) is 3.36. The number of hydrogen-bond acceptors (Lipinski definition) is 2. The number of carbonyl (C=O) groups is 1. The Bertz CT molecular complexity index is 413. The van der Waals surface area contributed by atoms with Crippen molar-refractivity contribution in [2.75, 3.05) is 0 Å². The number of hydrogen-bond donors (Lipinski definition) is 1. The number of aromatic nitrogens is 1. The molecule has 1 aromatic rings. The summed E-state index contributed by atoms with van der Waals surface area (Å²) < 4.78 is 13.4. The molecular formula is C11H11FN2O. The summed E-state index contributed by atoms with van der Waals surface area (Å²) in [5.41, 5.74) is -0.281. The zero-order valence-corrected chi connectivity index (χ0v) is 8.16. The molecule has 1 aliphatic carbocycles. The van der Waals surface area contributed by atoms with Crippen LogP contribution in [0.4, 0.5) is 4.39 Å². The average molecular weight is 206 g/mol. The summed E-state index contributed by atoms with van der Waals surface area (Å²) in [5.74, 6) is -0.670. The van der Waals surface area contributed by atoms with Gasteiger partial charge in [-0.3, -0.25) is 9.78 Å². The molecule has 1 amide bonds. The van der Waals surface area contributed by atoms with E-state index in [-0.39, 0.29) is 11.7 Å². The number of amides is 1. The van der Waals surface area contributed by atoms with Crippen molar-refractivity contribution >= 4 is 5.91 Å². The molecule has 1 aliphatic rings. The van der Waals surface area contributed by atoms with E-state index in [0.717, 1.165) is 12.8 Å². The van der Waals surface area contributed by atoms with Gasteiger partial charge in [0.05, 0.1) is 5.54 Å². The second-order valence-electron chi connectivity index (χ2n) is 3.61. The summed E-state index contributed by atoms with van der Waals surface area (Å²) in [6.07, 6.45) is 4.15. The maximum Gasteiger partial charge on any atom is 0.244 e. The van der Waals surface area contributed by atoms with Crippen molar-refractivity contribution in [3.8, 4) is 0 Å². The van der Waals surface area contributed by atoms with Crippen LogP contribution in [0.5, 0.6) is 0 Å². The van der Waals surface area contributed by atoms with Crippen LogP contribution < -0.4 is 5.32 Å². The largest absolute Gasteiger partial charge is 0.341 e. The number of rotatable bonds is 3. The first-order valence-corrected chi connectivity index (χ1v) is 4.73. The summed E-state index contributed by atoms with van der Waals surface area (Å²) in [7, 11) is 0. The Kier molecular flexibility index (Phi) is 2.26. The second-order valence-corrected chi connectivity index (χ2v) is 3.61. The zero-order valence-electron chi connectivity index (χ0n) is 8.16. The molecule has 1 fully saturated rings. The predicted octanol–water partition coefficient (Wildman–Crippen LogP) is 1.51. The minimum atomic E-state index is -0.601. The molecule has 4 heteroatoms. The predicted molar refractivity (Wildman–Crippen MR) is 53.4 cm³/mol. The van der Waals surface area contributed by atoms with E-state index in [4.69, 9.17) is 0 Å². The zero-order chi connectivity index (χ0) is 10.9. The van der Waals surface area contributed by atoms with Crippen molar-refractivity contribution in [1.82, 2.24) is 10.3 Å². The first-order valence-electron chi connectivity index (χ1n) is 4.73. The fourth-order valence-electron chi connectivity index (χ4n) is 1.57. The maximum absolute atomic E-state index is 13.4. The van der Waals surface area contributed by atoms with E-state index in [9.17, 15) is 9.18 Å². The monoisotopic (exact) mass is 206 g/mol. The van der Waals surface area contributed by atoms with Gasteiger partial charge in [0.25, 0.3) is 0 Å². The molecule has 15 heavy (non-hydrogen) atoms. The van der Waals surface area contributed by atoms with Gasteiger partial charge in [-0.2, -0.15) is 0 Å². The summed E-state index contributed by atoms with van der Waals surface area (Å²) >= 11 is 0. The fraction of sp³-hybridized carbons (Fsp3) is 0.273. The van der Waals surface area contributed by atoms with E-state index in [2.05, 4.69) is 16.9 Å². The standard InChI is InChI=1S/C11H11FN2O/c1-2-9(15)14-11(5-6-11)10-8(12)4-3-7-13-10/h2-4,7H,1,5-6H2,(H,14,15). The maximum atomic E-state index is 13.4. The van der Waals surface area contributed by atoms with Crippen LogP contribution in [0.15, 0.2) is 31.0 Å². The molecule has 0 unspecified atom stereocenters. The molecule has 78 valence electrons. The highest BCUT2D eigenvalue weighted by Crippen LogP contribution is 2.45. The molecule has 3 nitrogen and oxygen atoms in total. The lowest BCUT2D eigenvalue weighted by Crippen LogP contribution is -2.34. The van der Waals surface area contributed by atoms with Gasteiger partial charge in [-0.25, -0.2) is 4.39 Å². The van der Waals surface area contributed by atoms with Crippen LogP contribution in [0, 0.1) is 5.82 Å². The van der Waals surface area contributed by atoms with Crippen molar-refractivity contribution in [2.24, 2.45) is 0 Å². The van der Waals surface area contributed by atoms with Gasteiger partial charge in [0.1, 0.15) is 11.5 Å². The van der Waals surface area contributed by atoms with Gasteiger partial charge >= 0.3 is 0 Å². The minimum Gasteiger partial charge on any atom is -0.341 e. The third kappa shape index (κ3) is 1.75. The van der Waals surface area contributed by atoms with Gasteiger partial charge in [0.15, 0.2) is 0 Å². The second kappa shape index (κ2) is 3.46. The summed E-state index contributed by atoms with van der Waals surface area (Å²) in [5, 5.41) is 2.71. The Hall–Kier alpha value is -1.71. The normalized spacial score (nSPS) is 16.9. The highest BCUT2D eigenvalue weighted by atomic mass is 19.1. The van der Waals surface area contributed by atoms with Crippen molar-refractivity contribution in [3.63, 3.8) is 0 Å². The Morgan fingerprint density at radius 3 is 2.93 bits per heavy atom. The molecule has 0 aliphatic heterocycles. The van der Waals surface area contributed by atoms with E-state index < -0.39 is 5.54 Å². The third-order valence-corrected chi connectivity index (χ3v) is 2.51. The number of nitrogens with one attached hydrogen (secondary N) is 1. The van der Waals surface area contributed by atoms with Crippen molar-refractivity contribution in [1.29, 1.82) is 0 Å². The number of pyridine rings is 1. The lowest BCUT2D eigenvalue weighted by molar-refractivity contribution is -0.117. The van der Waals surface area contributed by atoms with E-state index in [0.29, 0.717) is 5.69 Å². The third-order valence-electron chi connectivity index (χ3n) is 2.51. The van der Waals surface area contributed by atoms with Crippen molar-refractivity contribution < 1.29 is 9.18 Å². The molecule has 0 spiro atoms. The lowest BCUT2D eigenvalue weighted by Gasteiger charge is -2.15. The van der Waals surface area contributed by atoms with E-state index >= 15 is 0 Å². The van der Waals surface area contributed by atoms with E-state index in [1.54, 1.807) is 0 Å². The molecule has 1 saturated carbocycles. The van der Waals surface area contributed by atoms with Crippen molar-refractivity contribution in [2.45, 2.75) is 18.4 Å². The SMILES string of the molecule is C=CC(=O)NC1(c2ncccc2F)CC1. The summed E-state index contributed by atoms with van der Waals surface area (Å²) in [4.78, 5) is 15.1. The minimum absolute atomic E-state index is 0.294. The molecular weight excluding hydrogens is 195 g/mol. The van der Waals surface area contributed by atoms with Crippen LogP contribution in [-0.2, 0) is 10.3 Å². The van der Waals surface area contributed by atoms with Crippen LogP contribution >= 0.6 is 0 Å². The summed E-state index contributed by atoms with van der Waals surface area (Å²) in [6, 6.07) is 2.88. The molecule has 0 atom stereocenters. The van der Waals surface area contributed by atoms with Gasteiger partial charge in [-0.05, 0) is 31.1 Å². The highest BCUT2D eigenvalue weighted by Gasteiger charge is 2.48. The fourth-order valence-corrected chi connectivity index (χ4v) is 1.57. The molecule has 1 aromatic heterocycles. The average Bonchev–Trinajstić information content (AvgIpc) is 2.99. The van der Waals surface area contributed by atoms with Gasteiger partial charge in [0, 0.05) is 6.20 Å². The first kappa shape index (κ1) is 9.83. The Labute approximate surface area is 87.0 Å². The van der Waals surface area contributed by atoms with Crippen LogP contribution in [0.25, 0.3) is 0 Å². The molecule has 0 aromatic carbocycles. The van der Waals surface area contributed by atoms with Gasteiger partial charge < -0.3 is 5.32 Å². The van der Waals surface area contributed by atoms with E-state index in [1.165, 1.54) is 24.4 Å². The van der Waals surface area contributed by atoms with Crippen LogP contribution in [0.1, 0.15) is 18.5 Å². The Balaban J connectivity index is 2.27. The molecule has 2 rings (SSSR count). The van der Waals surface area contributed by atoms with Crippen molar-refractivity contribution in [3.05, 3.63) is 42.5 Å². The number of nitrogens with zero attached hydrogens (tertiary/aromatic N) is 1. The topological polar surface area (TPSA) is 42.0 Å². The smallest absolute Gasteiger partial charge is 0.244 e. The van der Waals surface area contributed by atoms with Crippen LogP contribution in [0.3, 0.4) is 0 Å². The molecule has 0 radical (unpaired) electrons. The Morgan fingerprint density at radius 2 is 2.40 bits per heavy atom. The quantitative estimate of drug-likeness (QED) is 0.762. The van der Waals surface area contributed by atoms with Crippen LogP contribution in [-0.4, -0.2) is 10.9 Å². The lowest BCUT2D eigenvalue weighted by atomic mass is 10.1. The molecule has 0 bridgehead atoms. The number of carbonyl (C=O) groups excluding carboxylic acids is 1. The molecule has 0 saturated heterocycles. The molecule has 1 N–H and O–H groups in total. The Morgan fingerprint density at radius 1 is 1.67 bits per heavy atom. The van der Waals surface area contributed by atoms with Gasteiger partial charge in [0.2, 0.25) is 5.91 Å². The van der Waals surface area contributed by atoms with Crippen LogP contribution in [0.2, 0.25) is 0 Å². The van der Waals surface area contributed by atoms with E-state index in [1.807, 2.05) is 0 Å². The molecule has 1 heterocycles.